The zero-order valence-electron chi connectivity index (χ0n) is 24.2. The van der Waals surface area contributed by atoms with Gasteiger partial charge in [0.15, 0.2) is 0 Å². The Morgan fingerprint density at radius 3 is 2.37 bits per heavy atom. The van der Waals surface area contributed by atoms with Crippen LogP contribution in [-0.4, -0.2) is 103 Å². The van der Waals surface area contributed by atoms with E-state index in [0.29, 0.717) is 25.4 Å². The van der Waals surface area contributed by atoms with E-state index in [4.69, 9.17) is 9.47 Å². The van der Waals surface area contributed by atoms with Crippen LogP contribution < -0.4 is 14.4 Å². The highest BCUT2D eigenvalue weighted by Crippen LogP contribution is 2.32. The van der Waals surface area contributed by atoms with Crippen LogP contribution in [0.5, 0.6) is 11.5 Å². The number of ether oxygens (including phenoxy) is 2. The van der Waals surface area contributed by atoms with Gasteiger partial charge < -0.3 is 29.1 Å². The Bertz CT molecular complexity index is 1300. The van der Waals surface area contributed by atoms with Crippen LogP contribution in [0.4, 0.5) is 10.5 Å². The molecule has 3 aromatic rings. The van der Waals surface area contributed by atoms with Crippen molar-refractivity contribution in [3.05, 3.63) is 54.5 Å². The lowest BCUT2D eigenvalue weighted by Crippen LogP contribution is -2.44. The largest absolute Gasteiger partial charge is 0.493 e. The van der Waals surface area contributed by atoms with E-state index in [2.05, 4.69) is 37.8 Å². The number of piperazine rings is 1. The lowest BCUT2D eigenvalue weighted by Gasteiger charge is -2.32. The Kier molecular flexibility index (Phi) is 8.82. The Balaban J connectivity index is 0.989. The number of aromatic nitrogens is 2. The third kappa shape index (κ3) is 6.90. The number of fused-ring (bicyclic) bond motifs is 1. The van der Waals surface area contributed by atoms with Crippen LogP contribution in [0.1, 0.15) is 43.7 Å². The molecule has 218 valence electrons. The topological polar surface area (TPSA) is 74.3 Å². The first-order chi connectivity index (χ1) is 20.1. The second-order valence-corrected chi connectivity index (χ2v) is 11.6. The number of carbonyl (C=O) groups excluding carboxylic acids is 1. The summed E-state index contributed by atoms with van der Waals surface area (Å²) in [5, 5.41) is 1.07. The van der Waals surface area contributed by atoms with Crippen molar-refractivity contribution in [3.63, 3.8) is 0 Å². The van der Waals surface area contributed by atoms with Gasteiger partial charge in [-0.1, -0.05) is 0 Å². The Morgan fingerprint density at radius 2 is 1.61 bits per heavy atom. The van der Waals surface area contributed by atoms with Gasteiger partial charge in [0, 0.05) is 82.0 Å². The Hall–Kier alpha value is -3.43. The maximum Gasteiger partial charge on any atom is 0.415 e. The summed E-state index contributed by atoms with van der Waals surface area (Å²) in [5.74, 6) is 1.73. The molecule has 0 radical (unpaired) electrons. The van der Waals surface area contributed by atoms with Crippen LogP contribution in [0.15, 0.2) is 48.8 Å². The normalized spacial score (nSPS) is 19.1. The van der Waals surface area contributed by atoms with Gasteiger partial charge in [0.2, 0.25) is 0 Å². The molecule has 3 fully saturated rings. The number of likely N-dealkylation sites (tertiary alicyclic amines) is 1. The van der Waals surface area contributed by atoms with Gasteiger partial charge in [-0.05, 0) is 75.5 Å². The summed E-state index contributed by atoms with van der Waals surface area (Å²) in [4.78, 5) is 31.1. The predicted molar refractivity (Wildman–Crippen MR) is 161 cm³/mol. The van der Waals surface area contributed by atoms with E-state index in [1.807, 2.05) is 41.3 Å². The number of anilines is 1. The zero-order chi connectivity index (χ0) is 28.0. The minimum Gasteiger partial charge on any atom is -0.493 e. The molecule has 0 aliphatic carbocycles. The van der Waals surface area contributed by atoms with Crippen LogP contribution in [0.25, 0.3) is 10.9 Å². The van der Waals surface area contributed by atoms with E-state index in [1.54, 1.807) is 6.33 Å². The number of carbonyl (C=O) groups is 1. The minimum absolute atomic E-state index is 0.277. The highest BCUT2D eigenvalue weighted by molar-refractivity contribution is 5.82. The quantitative estimate of drug-likeness (QED) is 0.371. The van der Waals surface area contributed by atoms with Gasteiger partial charge in [-0.3, -0.25) is 0 Å². The molecular weight excluding hydrogens is 516 g/mol. The van der Waals surface area contributed by atoms with Crippen molar-refractivity contribution in [2.45, 2.75) is 38.0 Å². The molecule has 3 saturated heterocycles. The molecule has 6 rings (SSSR count). The summed E-state index contributed by atoms with van der Waals surface area (Å²) < 4.78 is 11.8. The van der Waals surface area contributed by atoms with Gasteiger partial charge in [0.25, 0.3) is 0 Å². The average Bonchev–Trinajstić information content (AvgIpc) is 3.56. The van der Waals surface area contributed by atoms with Crippen molar-refractivity contribution in [2.75, 3.05) is 77.5 Å². The number of hydrogen-bond acceptors (Lipinski definition) is 8. The summed E-state index contributed by atoms with van der Waals surface area (Å²) in [6.07, 6.45) is 6.57. The van der Waals surface area contributed by atoms with Crippen molar-refractivity contribution in [1.29, 1.82) is 0 Å². The zero-order valence-corrected chi connectivity index (χ0v) is 24.2. The average molecular weight is 559 g/mol. The molecule has 3 aliphatic heterocycles. The van der Waals surface area contributed by atoms with Crippen molar-refractivity contribution >= 4 is 22.7 Å². The van der Waals surface area contributed by atoms with Crippen molar-refractivity contribution in [2.24, 2.45) is 0 Å². The van der Waals surface area contributed by atoms with Gasteiger partial charge in [-0.25, -0.2) is 14.8 Å². The molecule has 41 heavy (non-hydrogen) atoms. The number of amides is 1. The lowest BCUT2D eigenvalue weighted by atomic mass is 9.91. The van der Waals surface area contributed by atoms with Crippen molar-refractivity contribution in [1.82, 2.24) is 24.7 Å². The second-order valence-electron chi connectivity index (χ2n) is 11.6. The lowest BCUT2D eigenvalue weighted by molar-refractivity contribution is 0.138. The van der Waals surface area contributed by atoms with Crippen LogP contribution in [0, 0.1) is 0 Å². The third-order valence-corrected chi connectivity index (χ3v) is 8.78. The van der Waals surface area contributed by atoms with Gasteiger partial charge in [-0.2, -0.15) is 0 Å². The van der Waals surface area contributed by atoms with Crippen molar-refractivity contribution in [3.8, 4) is 11.5 Å². The van der Waals surface area contributed by atoms with E-state index < -0.39 is 0 Å². The molecule has 0 spiro atoms. The molecule has 1 amide bonds. The molecule has 4 heterocycles. The number of benzene rings is 2. The fourth-order valence-corrected chi connectivity index (χ4v) is 6.22. The molecule has 0 N–H and O–H groups in total. The van der Waals surface area contributed by atoms with E-state index in [0.717, 1.165) is 87.4 Å². The first-order valence-electron chi connectivity index (χ1n) is 15.2. The molecular formula is C32H42N6O3. The molecule has 1 aromatic heterocycles. The summed E-state index contributed by atoms with van der Waals surface area (Å²) >= 11 is 0. The predicted octanol–water partition coefficient (Wildman–Crippen LogP) is 4.62. The SMILES string of the molecule is CN1CCN(CCCOc2ccc3c(C4CCN(C(=O)Oc5ccc(N6CCCC6)cc5)CC4)ncnc3c2)CC1. The van der Waals surface area contributed by atoms with Gasteiger partial charge in [-0.15, -0.1) is 0 Å². The number of nitrogens with zero attached hydrogens (tertiary/aromatic N) is 6. The van der Waals surface area contributed by atoms with Crippen LogP contribution in [-0.2, 0) is 0 Å². The summed E-state index contributed by atoms with van der Waals surface area (Å²) in [6, 6.07) is 14.0. The first-order valence-corrected chi connectivity index (χ1v) is 15.2. The molecule has 0 bridgehead atoms. The summed E-state index contributed by atoms with van der Waals surface area (Å²) in [7, 11) is 2.19. The molecule has 9 nitrogen and oxygen atoms in total. The van der Waals surface area contributed by atoms with Gasteiger partial charge in [0.1, 0.15) is 17.8 Å². The molecule has 2 aromatic carbocycles. The van der Waals surface area contributed by atoms with Crippen LogP contribution in [0.2, 0.25) is 0 Å². The Labute approximate surface area is 243 Å². The van der Waals surface area contributed by atoms with E-state index >= 15 is 0 Å². The van der Waals surface area contributed by atoms with E-state index in [1.165, 1.54) is 18.5 Å². The molecule has 0 saturated carbocycles. The smallest absolute Gasteiger partial charge is 0.415 e. The standard InChI is InChI=1S/C32H42N6O3/c1-35-18-20-36(21-19-35)13-4-22-40-28-9-10-29-30(23-28)33-24-34-31(29)25-11-16-38(17-12-25)32(39)41-27-7-5-26(6-8-27)37-14-2-3-15-37/h5-10,23-25H,2-4,11-22H2,1H3. The Morgan fingerprint density at radius 1 is 0.878 bits per heavy atom. The minimum atomic E-state index is -0.278. The fraction of sp³-hybridized carbons (Fsp3) is 0.531. The highest BCUT2D eigenvalue weighted by Gasteiger charge is 2.27. The van der Waals surface area contributed by atoms with Gasteiger partial charge in [0.05, 0.1) is 17.8 Å². The van der Waals surface area contributed by atoms with Crippen LogP contribution >= 0.6 is 0 Å². The molecule has 9 heteroatoms. The molecule has 3 aliphatic rings. The van der Waals surface area contributed by atoms with Crippen molar-refractivity contribution < 1.29 is 14.3 Å². The summed E-state index contributed by atoms with van der Waals surface area (Å²) in [5.41, 5.74) is 3.16. The maximum absolute atomic E-state index is 12.9. The first kappa shape index (κ1) is 27.7. The monoisotopic (exact) mass is 558 g/mol. The number of likely N-dealkylation sites (N-methyl/N-ethyl adjacent to an activating group) is 1. The highest BCUT2D eigenvalue weighted by atomic mass is 16.6. The third-order valence-electron chi connectivity index (χ3n) is 8.78. The fourth-order valence-electron chi connectivity index (χ4n) is 6.22. The number of hydrogen-bond donors (Lipinski definition) is 0. The van der Waals surface area contributed by atoms with E-state index in [-0.39, 0.29) is 12.0 Å². The van der Waals surface area contributed by atoms with E-state index in [9.17, 15) is 4.79 Å². The maximum atomic E-state index is 12.9. The second kappa shape index (κ2) is 13.0. The number of rotatable bonds is 8. The molecule has 0 unspecified atom stereocenters. The van der Waals surface area contributed by atoms with Gasteiger partial charge >= 0.3 is 6.09 Å². The molecule has 0 atom stereocenters. The number of piperidine rings is 1. The summed E-state index contributed by atoms with van der Waals surface area (Å²) in [6.45, 7) is 9.83. The van der Waals surface area contributed by atoms with Crippen LogP contribution in [0.3, 0.4) is 0 Å².